The molecule has 0 saturated carbocycles. The number of nitro groups is 1. The molecule has 0 atom stereocenters. The third-order valence-corrected chi connectivity index (χ3v) is 2.02. The molecule has 0 heterocycles. The monoisotopic (exact) mass is 364 g/mol. The number of nitro benzene ring substituents is 1. The number of nitrogens with zero attached hydrogens (tertiary/aromatic N) is 2. The van der Waals surface area contributed by atoms with Crippen LogP contribution in [-0.2, 0) is 6.54 Å². The number of hydrogen-bond donors (Lipinski definition) is 2. The molecule has 0 unspecified atom stereocenters. The first-order valence-corrected chi connectivity index (χ1v) is 5.29. The molecule has 0 fully saturated rings. The summed E-state index contributed by atoms with van der Waals surface area (Å²) in [5.74, 6) is 0.373. The van der Waals surface area contributed by atoms with Gasteiger partial charge in [0.15, 0.2) is 5.96 Å². The van der Waals surface area contributed by atoms with Crippen molar-refractivity contribution in [3.8, 4) is 0 Å². The van der Waals surface area contributed by atoms with Gasteiger partial charge in [-0.3, -0.25) is 10.1 Å². The van der Waals surface area contributed by atoms with E-state index in [9.17, 15) is 10.1 Å². The lowest BCUT2D eigenvalue weighted by molar-refractivity contribution is -0.384. The number of non-ortho nitro benzene ring substituents is 1. The molecule has 1 aromatic carbocycles. The molecule has 7 heteroatoms. The number of rotatable bonds is 4. The van der Waals surface area contributed by atoms with Gasteiger partial charge in [-0.25, -0.2) is 4.99 Å². The topological polar surface area (TPSA) is 93.5 Å². The third kappa shape index (κ3) is 5.80. The van der Waals surface area contributed by atoms with Crippen LogP contribution in [0.4, 0.5) is 5.69 Å². The second-order valence-corrected chi connectivity index (χ2v) is 3.92. The Hall–Kier alpha value is -1.38. The summed E-state index contributed by atoms with van der Waals surface area (Å²) >= 11 is 0. The Morgan fingerprint density at radius 2 is 2.00 bits per heavy atom. The zero-order chi connectivity index (χ0) is 12.8. The van der Waals surface area contributed by atoms with Gasteiger partial charge in [0, 0.05) is 18.2 Å². The van der Waals surface area contributed by atoms with Gasteiger partial charge in [0.1, 0.15) is 0 Å². The first-order valence-electron chi connectivity index (χ1n) is 5.29. The van der Waals surface area contributed by atoms with Crippen molar-refractivity contribution in [3.63, 3.8) is 0 Å². The lowest BCUT2D eigenvalue weighted by Gasteiger charge is -2.08. The van der Waals surface area contributed by atoms with Gasteiger partial charge in [0.05, 0.1) is 11.5 Å². The molecule has 0 aromatic heterocycles. The van der Waals surface area contributed by atoms with Crippen LogP contribution < -0.4 is 11.1 Å². The van der Waals surface area contributed by atoms with E-state index in [0.717, 1.165) is 5.56 Å². The Morgan fingerprint density at radius 3 is 2.44 bits per heavy atom. The van der Waals surface area contributed by atoms with Crippen molar-refractivity contribution >= 4 is 35.6 Å². The number of aliphatic imine (C=N–C) groups is 1. The highest BCUT2D eigenvalue weighted by Crippen LogP contribution is 2.12. The van der Waals surface area contributed by atoms with Crippen LogP contribution in [0, 0.1) is 10.1 Å². The Kier molecular flexibility index (Phi) is 7.25. The van der Waals surface area contributed by atoms with E-state index in [4.69, 9.17) is 5.73 Å². The van der Waals surface area contributed by atoms with Gasteiger partial charge in [-0.05, 0) is 19.4 Å². The summed E-state index contributed by atoms with van der Waals surface area (Å²) in [6.07, 6.45) is 0. The molecule has 0 bridgehead atoms. The Balaban J connectivity index is 0.00000289. The molecule has 0 saturated heterocycles. The first-order chi connectivity index (χ1) is 7.99. The predicted octanol–water partition coefficient (Wildman–Crippen LogP) is 2.03. The van der Waals surface area contributed by atoms with E-state index in [1.807, 2.05) is 13.8 Å². The van der Waals surface area contributed by atoms with Crippen LogP contribution in [0.2, 0.25) is 0 Å². The molecule has 100 valence electrons. The quantitative estimate of drug-likeness (QED) is 0.281. The number of halogens is 1. The van der Waals surface area contributed by atoms with Crippen molar-refractivity contribution in [2.24, 2.45) is 10.7 Å². The van der Waals surface area contributed by atoms with Gasteiger partial charge in [-0.2, -0.15) is 0 Å². The fraction of sp³-hybridized carbons (Fsp3) is 0.364. The van der Waals surface area contributed by atoms with Crippen molar-refractivity contribution in [2.45, 2.75) is 26.4 Å². The Bertz CT molecular complexity index is 418. The van der Waals surface area contributed by atoms with Gasteiger partial charge >= 0.3 is 0 Å². The number of benzene rings is 1. The molecule has 3 N–H and O–H groups in total. The lowest BCUT2D eigenvalue weighted by Crippen LogP contribution is -2.36. The van der Waals surface area contributed by atoms with Crippen LogP contribution in [0.1, 0.15) is 19.4 Å². The number of nitrogens with one attached hydrogen (secondary N) is 1. The van der Waals surface area contributed by atoms with E-state index in [2.05, 4.69) is 10.3 Å². The molecule has 0 amide bonds. The second kappa shape index (κ2) is 7.85. The smallest absolute Gasteiger partial charge is 0.269 e. The largest absolute Gasteiger partial charge is 0.370 e. The molecule has 0 radical (unpaired) electrons. The SMILES string of the molecule is CC(C)NC(N)=NCc1ccc([N+](=O)[O-])cc1.I. The second-order valence-electron chi connectivity index (χ2n) is 3.92. The zero-order valence-electron chi connectivity index (χ0n) is 10.3. The summed E-state index contributed by atoms with van der Waals surface area (Å²) in [5.41, 5.74) is 6.59. The maximum absolute atomic E-state index is 10.4. The highest BCUT2D eigenvalue weighted by atomic mass is 127. The minimum atomic E-state index is -0.429. The van der Waals surface area contributed by atoms with E-state index in [1.54, 1.807) is 12.1 Å². The summed E-state index contributed by atoms with van der Waals surface area (Å²) in [5, 5.41) is 13.4. The van der Waals surface area contributed by atoms with Crippen molar-refractivity contribution < 1.29 is 4.92 Å². The molecule has 1 aromatic rings. The Labute approximate surface area is 123 Å². The lowest BCUT2D eigenvalue weighted by atomic mass is 10.2. The fourth-order valence-electron chi connectivity index (χ4n) is 1.24. The highest BCUT2D eigenvalue weighted by Gasteiger charge is 2.03. The molecule has 0 spiro atoms. The summed E-state index contributed by atoms with van der Waals surface area (Å²) < 4.78 is 0. The number of guanidine groups is 1. The molecule has 1 rings (SSSR count). The van der Waals surface area contributed by atoms with Gasteiger partial charge in [-0.15, -0.1) is 24.0 Å². The van der Waals surface area contributed by atoms with Crippen molar-refractivity contribution in [1.82, 2.24) is 5.32 Å². The van der Waals surface area contributed by atoms with Gasteiger partial charge in [-0.1, -0.05) is 12.1 Å². The molecular formula is C11H17IN4O2. The number of hydrogen-bond acceptors (Lipinski definition) is 3. The van der Waals surface area contributed by atoms with Crippen LogP contribution in [0.3, 0.4) is 0 Å². The maximum Gasteiger partial charge on any atom is 0.269 e. The van der Waals surface area contributed by atoms with Crippen LogP contribution in [0.5, 0.6) is 0 Å². The third-order valence-electron chi connectivity index (χ3n) is 2.02. The molecular weight excluding hydrogens is 347 g/mol. The minimum absolute atomic E-state index is 0. The van der Waals surface area contributed by atoms with E-state index in [-0.39, 0.29) is 35.7 Å². The highest BCUT2D eigenvalue weighted by molar-refractivity contribution is 14.0. The molecule has 18 heavy (non-hydrogen) atoms. The summed E-state index contributed by atoms with van der Waals surface area (Å²) in [6, 6.07) is 6.48. The van der Waals surface area contributed by atoms with Crippen LogP contribution in [0.15, 0.2) is 29.3 Å². The van der Waals surface area contributed by atoms with E-state index < -0.39 is 4.92 Å². The van der Waals surface area contributed by atoms with Crippen molar-refractivity contribution in [2.75, 3.05) is 0 Å². The van der Waals surface area contributed by atoms with Crippen molar-refractivity contribution in [1.29, 1.82) is 0 Å². The van der Waals surface area contributed by atoms with Crippen molar-refractivity contribution in [3.05, 3.63) is 39.9 Å². The zero-order valence-corrected chi connectivity index (χ0v) is 12.6. The molecule has 0 aliphatic heterocycles. The van der Waals surface area contributed by atoms with E-state index in [1.165, 1.54) is 12.1 Å². The first kappa shape index (κ1) is 16.6. The van der Waals surface area contributed by atoms with Gasteiger partial charge in [0.25, 0.3) is 5.69 Å². The van der Waals surface area contributed by atoms with Gasteiger partial charge in [0.2, 0.25) is 0 Å². The average molecular weight is 364 g/mol. The average Bonchev–Trinajstić information content (AvgIpc) is 2.26. The normalized spacial score (nSPS) is 10.9. The van der Waals surface area contributed by atoms with Crippen LogP contribution in [0.25, 0.3) is 0 Å². The predicted molar refractivity (Wildman–Crippen MR) is 82.1 cm³/mol. The van der Waals surface area contributed by atoms with Crippen LogP contribution in [-0.4, -0.2) is 16.9 Å². The number of nitrogens with two attached hydrogens (primary N) is 1. The minimum Gasteiger partial charge on any atom is -0.370 e. The summed E-state index contributed by atoms with van der Waals surface area (Å²) in [7, 11) is 0. The molecule has 0 aliphatic carbocycles. The Morgan fingerprint density at radius 1 is 1.44 bits per heavy atom. The van der Waals surface area contributed by atoms with Crippen LogP contribution >= 0.6 is 24.0 Å². The molecule has 0 aliphatic rings. The molecule has 6 nitrogen and oxygen atoms in total. The summed E-state index contributed by atoms with van der Waals surface area (Å²) in [4.78, 5) is 14.1. The maximum atomic E-state index is 10.4. The summed E-state index contributed by atoms with van der Waals surface area (Å²) in [6.45, 7) is 4.34. The standard InChI is InChI=1S/C11H16N4O2.HI/c1-8(2)14-11(12)13-7-9-3-5-10(6-4-9)15(16)17;/h3-6,8H,7H2,1-2H3,(H3,12,13,14);1H. The fourth-order valence-corrected chi connectivity index (χ4v) is 1.24. The van der Waals surface area contributed by atoms with Gasteiger partial charge < -0.3 is 11.1 Å². The van der Waals surface area contributed by atoms with E-state index >= 15 is 0 Å². The van der Waals surface area contributed by atoms with E-state index in [0.29, 0.717) is 12.5 Å².